The van der Waals surface area contributed by atoms with E-state index in [1.165, 1.54) is 17.0 Å². The van der Waals surface area contributed by atoms with E-state index in [1.807, 2.05) is 0 Å². The lowest BCUT2D eigenvalue weighted by Crippen LogP contribution is -2.49. The Morgan fingerprint density at radius 2 is 1.78 bits per heavy atom. The fraction of sp³-hybridized carbons (Fsp3) is 0.476. The quantitative estimate of drug-likeness (QED) is 0.787. The molecule has 1 atom stereocenters. The van der Waals surface area contributed by atoms with E-state index in [0.29, 0.717) is 6.54 Å². The van der Waals surface area contributed by atoms with Crippen LogP contribution in [0.3, 0.4) is 0 Å². The smallest absolute Gasteiger partial charge is 0.234 e. The number of hydrogen-bond donors (Lipinski definition) is 1. The highest BCUT2D eigenvalue weighted by atomic mass is 32.1. The van der Waals surface area contributed by atoms with Crippen LogP contribution in [0.25, 0.3) is 0 Å². The van der Waals surface area contributed by atoms with E-state index >= 15 is 0 Å². The molecule has 0 saturated carbocycles. The summed E-state index contributed by atoms with van der Waals surface area (Å²) in [5.74, 6) is 0.0137. The molecule has 1 unspecified atom stereocenters. The first kappa shape index (κ1) is 20.0. The monoisotopic (exact) mass is 389 g/mol. The molecular formula is C21H28FN3OS. The minimum atomic E-state index is -0.256. The van der Waals surface area contributed by atoms with Gasteiger partial charge in [0.2, 0.25) is 5.91 Å². The number of nitrogens with one attached hydrogen (secondary N) is 1. The van der Waals surface area contributed by atoms with Gasteiger partial charge in [0, 0.05) is 37.6 Å². The molecular weight excluding hydrogens is 361 g/mol. The molecule has 1 aliphatic heterocycles. The second-order valence-electron chi connectivity index (χ2n) is 7.47. The molecule has 0 aliphatic carbocycles. The molecule has 4 nitrogen and oxygen atoms in total. The summed E-state index contributed by atoms with van der Waals surface area (Å²) in [6.07, 6.45) is 0. The third-order valence-corrected chi connectivity index (χ3v) is 5.87. The van der Waals surface area contributed by atoms with Crippen molar-refractivity contribution in [2.75, 3.05) is 32.7 Å². The van der Waals surface area contributed by atoms with Crippen molar-refractivity contribution in [1.29, 1.82) is 0 Å². The van der Waals surface area contributed by atoms with E-state index in [1.54, 1.807) is 23.5 Å². The van der Waals surface area contributed by atoms with Crippen molar-refractivity contribution in [3.8, 4) is 0 Å². The van der Waals surface area contributed by atoms with Crippen LogP contribution in [0, 0.1) is 11.7 Å². The van der Waals surface area contributed by atoms with Crippen molar-refractivity contribution >= 4 is 17.2 Å². The lowest BCUT2D eigenvalue weighted by molar-refractivity contribution is -0.123. The van der Waals surface area contributed by atoms with Gasteiger partial charge in [-0.15, -0.1) is 11.3 Å². The third-order valence-electron chi connectivity index (χ3n) is 5.00. The molecule has 6 heteroatoms. The lowest BCUT2D eigenvalue weighted by Gasteiger charge is -2.34. The zero-order valence-corrected chi connectivity index (χ0v) is 16.8. The largest absolute Gasteiger partial charge is 0.348 e. The van der Waals surface area contributed by atoms with Crippen LogP contribution in [0.1, 0.15) is 30.3 Å². The van der Waals surface area contributed by atoms with Crippen molar-refractivity contribution in [3.05, 3.63) is 58.0 Å². The summed E-state index contributed by atoms with van der Waals surface area (Å²) in [6.45, 7) is 9.32. The van der Waals surface area contributed by atoms with E-state index in [4.69, 9.17) is 0 Å². The van der Waals surface area contributed by atoms with Crippen LogP contribution in [0.2, 0.25) is 0 Å². The second kappa shape index (κ2) is 9.44. The average molecular weight is 390 g/mol. The molecule has 1 aromatic carbocycles. The number of amides is 1. The molecule has 0 radical (unpaired) electrons. The molecule has 1 fully saturated rings. The van der Waals surface area contributed by atoms with Gasteiger partial charge in [0.25, 0.3) is 0 Å². The van der Waals surface area contributed by atoms with E-state index in [9.17, 15) is 9.18 Å². The normalized spacial score (nSPS) is 17.2. The van der Waals surface area contributed by atoms with E-state index < -0.39 is 0 Å². The van der Waals surface area contributed by atoms with Crippen LogP contribution in [-0.2, 0) is 11.3 Å². The Morgan fingerprint density at radius 3 is 2.37 bits per heavy atom. The van der Waals surface area contributed by atoms with Crippen LogP contribution in [0.5, 0.6) is 0 Å². The summed E-state index contributed by atoms with van der Waals surface area (Å²) in [4.78, 5) is 18.6. The van der Waals surface area contributed by atoms with Gasteiger partial charge in [-0.3, -0.25) is 14.6 Å². The molecule has 0 spiro atoms. The molecule has 1 saturated heterocycles. The lowest BCUT2D eigenvalue weighted by atomic mass is 9.96. The third kappa shape index (κ3) is 5.86. The number of hydrogen-bond acceptors (Lipinski definition) is 4. The molecule has 3 rings (SSSR count). The number of rotatable bonds is 7. The fourth-order valence-electron chi connectivity index (χ4n) is 3.46. The van der Waals surface area contributed by atoms with E-state index in [2.05, 4.69) is 46.5 Å². The molecule has 0 bridgehead atoms. The molecule has 2 heterocycles. The number of carbonyl (C=O) groups excluding carboxylic acids is 1. The van der Waals surface area contributed by atoms with Crippen molar-refractivity contribution in [2.45, 2.75) is 26.4 Å². The van der Waals surface area contributed by atoms with Gasteiger partial charge in [-0.2, -0.15) is 0 Å². The summed E-state index contributed by atoms with van der Waals surface area (Å²) in [7, 11) is 0. The molecule has 1 aliphatic rings. The molecule has 27 heavy (non-hydrogen) atoms. The van der Waals surface area contributed by atoms with Crippen molar-refractivity contribution in [2.24, 2.45) is 5.92 Å². The second-order valence-corrected chi connectivity index (χ2v) is 8.50. The Bertz CT molecular complexity index is 710. The number of piperazine rings is 1. The molecule has 146 valence electrons. The molecule has 1 amide bonds. The number of carbonyl (C=O) groups is 1. The van der Waals surface area contributed by atoms with Crippen molar-refractivity contribution in [1.82, 2.24) is 15.1 Å². The predicted octanol–water partition coefficient (Wildman–Crippen LogP) is 3.52. The van der Waals surface area contributed by atoms with Gasteiger partial charge >= 0.3 is 0 Å². The van der Waals surface area contributed by atoms with E-state index in [-0.39, 0.29) is 23.7 Å². The van der Waals surface area contributed by atoms with Gasteiger partial charge in [0.1, 0.15) is 5.82 Å². The van der Waals surface area contributed by atoms with Gasteiger partial charge in [0.15, 0.2) is 0 Å². The van der Waals surface area contributed by atoms with Gasteiger partial charge in [-0.1, -0.05) is 32.0 Å². The zero-order chi connectivity index (χ0) is 19.2. The first-order valence-electron chi connectivity index (χ1n) is 9.53. The number of thiophene rings is 1. The van der Waals surface area contributed by atoms with Crippen LogP contribution in [-0.4, -0.2) is 48.4 Å². The van der Waals surface area contributed by atoms with Crippen LogP contribution < -0.4 is 5.32 Å². The first-order chi connectivity index (χ1) is 13.0. The summed E-state index contributed by atoms with van der Waals surface area (Å²) in [5.41, 5.74) is 0.945. The number of nitrogens with zero attached hydrogens (tertiary/aromatic N) is 2. The predicted molar refractivity (Wildman–Crippen MR) is 108 cm³/mol. The maximum absolute atomic E-state index is 13.2. The Morgan fingerprint density at radius 1 is 1.11 bits per heavy atom. The summed E-state index contributed by atoms with van der Waals surface area (Å²) < 4.78 is 13.2. The Labute approximate surface area is 165 Å². The highest BCUT2D eigenvalue weighted by Crippen LogP contribution is 2.22. The van der Waals surface area contributed by atoms with Crippen LogP contribution >= 0.6 is 11.3 Å². The van der Waals surface area contributed by atoms with Crippen LogP contribution in [0.4, 0.5) is 4.39 Å². The topological polar surface area (TPSA) is 35.6 Å². The first-order valence-corrected chi connectivity index (χ1v) is 10.4. The Balaban J connectivity index is 1.47. The highest BCUT2D eigenvalue weighted by molar-refractivity contribution is 7.09. The number of halogens is 1. The van der Waals surface area contributed by atoms with E-state index in [0.717, 1.165) is 38.3 Å². The fourth-order valence-corrected chi connectivity index (χ4v) is 4.20. The molecule has 1 aromatic heterocycles. The summed E-state index contributed by atoms with van der Waals surface area (Å²) >= 11 is 1.79. The van der Waals surface area contributed by atoms with Gasteiger partial charge in [-0.25, -0.2) is 4.39 Å². The highest BCUT2D eigenvalue weighted by Gasteiger charge is 2.22. The molecule has 1 N–H and O–H groups in total. The minimum Gasteiger partial charge on any atom is -0.348 e. The Kier molecular flexibility index (Phi) is 6.99. The minimum absolute atomic E-state index is 0.0322. The zero-order valence-electron chi connectivity index (χ0n) is 16.0. The number of benzene rings is 1. The van der Waals surface area contributed by atoms with Crippen molar-refractivity contribution in [3.63, 3.8) is 0 Å². The molecule has 2 aromatic rings. The summed E-state index contributed by atoms with van der Waals surface area (Å²) in [6, 6.07) is 10.6. The van der Waals surface area contributed by atoms with Gasteiger partial charge < -0.3 is 5.32 Å². The van der Waals surface area contributed by atoms with Crippen LogP contribution in [0.15, 0.2) is 41.8 Å². The maximum Gasteiger partial charge on any atom is 0.234 e. The van der Waals surface area contributed by atoms with Crippen molar-refractivity contribution < 1.29 is 9.18 Å². The SMILES string of the molecule is CC(C)C(NC(=O)CN1CCN(Cc2cccs2)CC1)c1ccc(F)cc1. The van der Waals surface area contributed by atoms with Gasteiger partial charge in [-0.05, 0) is 35.1 Å². The average Bonchev–Trinajstić information content (AvgIpc) is 3.15. The Hall–Kier alpha value is -1.76. The maximum atomic E-state index is 13.2. The standard InChI is InChI=1S/C21H28FN3OS/c1-16(2)21(17-5-7-18(22)8-6-17)23-20(26)15-25-11-9-24(10-12-25)14-19-4-3-13-27-19/h3-8,13,16,21H,9-12,14-15H2,1-2H3,(H,23,26). The van der Waals surface area contributed by atoms with Gasteiger partial charge in [0.05, 0.1) is 12.6 Å². The summed E-state index contributed by atoms with van der Waals surface area (Å²) in [5, 5.41) is 5.25.